The second kappa shape index (κ2) is 4.54. The first-order chi connectivity index (χ1) is 7.92. The minimum absolute atomic E-state index is 0.332. The zero-order chi connectivity index (χ0) is 12.5. The van der Waals surface area contributed by atoms with E-state index in [0.717, 1.165) is 10.7 Å². The monoisotopic (exact) mass is 252 g/mol. The molecule has 0 aliphatic heterocycles. The molecule has 92 valence electrons. The van der Waals surface area contributed by atoms with Crippen molar-refractivity contribution in [2.75, 3.05) is 0 Å². The molecule has 0 saturated heterocycles. The molecule has 6 heteroatoms. The van der Waals surface area contributed by atoms with Crippen LogP contribution in [0.5, 0.6) is 0 Å². The van der Waals surface area contributed by atoms with Gasteiger partial charge in [0.05, 0.1) is 6.42 Å². The summed E-state index contributed by atoms with van der Waals surface area (Å²) >= 11 is 1.61. The fourth-order valence-electron chi connectivity index (χ4n) is 1.44. The third-order valence-electron chi connectivity index (χ3n) is 2.09. The fraction of sp³-hybridized carbons (Fsp3) is 0.545. The maximum Gasteiger partial charge on any atom is 0.228 e. The normalized spacial score (nSPS) is 12.0. The van der Waals surface area contributed by atoms with Crippen LogP contribution in [0.25, 0.3) is 0 Å². The van der Waals surface area contributed by atoms with Crippen molar-refractivity contribution >= 4 is 11.3 Å². The highest BCUT2D eigenvalue weighted by Crippen LogP contribution is 2.14. The number of aryl methyl sites for hydroxylation is 1. The zero-order valence-corrected chi connectivity index (χ0v) is 11.0. The first-order valence-electron chi connectivity index (χ1n) is 5.44. The third kappa shape index (κ3) is 3.61. The molecule has 0 fully saturated rings. The summed E-state index contributed by atoms with van der Waals surface area (Å²) in [7, 11) is 0. The van der Waals surface area contributed by atoms with Gasteiger partial charge in [0.15, 0.2) is 5.82 Å². The molecule has 0 amide bonds. The summed E-state index contributed by atoms with van der Waals surface area (Å²) in [4.78, 5) is 8.67. The Morgan fingerprint density at radius 3 is 2.76 bits per heavy atom. The predicted octanol–water partition coefficient (Wildman–Crippen LogP) is 1.71. The molecule has 0 aliphatic carbocycles. The SMILES string of the molecule is Cc1csc(Cc2noc(CC(C)(C)N)n2)n1. The van der Waals surface area contributed by atoms with E-state index >= 15 is 0 Å². The average molecular weight is 252 g/mol. The van der Waals surface area contributed by atoms with Gasteiger partial charge in [-0.3, -0.25) is 0 Å². The first kappa shape index (κ1) is 12.2. The molecule has 2 rings (SSSR count). The van der Waals surface area contributed by atoms with E-state index in [1.165, 1.54) is 0 Å². The van der Waals surface area contributed by atoms with Crippen LogP contribution in [0.3, 0.4) is 0 Å². The Hall–Kier alpha value is -1.27. The Morgan fingerprint density at radius 2 is 2.18 bits per heavy atom. The highest BCUT2D eigenvalue weighted by atomic mass is 32.1. The molecule has 2 heterocycles. The van der Waals surface area contributed by atoms with E-state index in [4.69, 9.17) is 10.3 Å². The maximum absolute atomic E-state index is 5.89. The van der Waals surface area contributed by atoms with E-state index in [9.17, 15) is 0 Å². The second-order valence-electron chi connectivity index (χ2n) is 4.83. The number of hydrogen-bond acceptors (Lipinski definition) is 6. The van der Waals surface area contributed by atoms with Crippen molar-refractivity contribution in [2.24, 2.45) is 5.73 Å². The number of hydrogen-bond donors (Lipinski definition) is 1. The Bertz CT molecular complexity index is 498. The highest BCUT2D eigenvalue weighted by Gasteiger charge is 2.17. The number of rotatable bonds is 4. The molecular formula is C11H16N4OS. The lowest BCUT2D eigenvalue weighted by Crippen LogP contribution is -2.34. The van der Waals surface area contributed by atoms with Gasteiger partial charge in [-0.25, -0.2) is 4.98 Å². The molecule has 0 aliphatic rings. The van der Waals surface area contributed by atoms with Gasteiger partial charge in [0.1, 0.15) is 5.01 Å². The van der Waals surface area contributed by atoms with Gasteiger partial charge >= 0.3 is 0 Å². The molecule has 0 aromatic carbocycles. The van der Waals surface area contributed by atoms with E-state index in [1.54, 1.807) is 11.3 Å². The Kier molecular flexibility index (Phi) is 3.26. The summed E-state index contributed by atoms with van der Waals surface area (Å²) in [6.45, 7) is 5.83. The highest BCUT2D eigenvalue weighted by molar-refractivity contribution is 7.09. The van der Waals surface area contributed by atoms with Crippen molar-refractivity contribution in [3.8, 4) is 0 Å². The molecule has 0 atom stereocenters. The van der Waals surface area contributed by atoms with Gasteiger partial charge in [0, 0.05) is 23.0 Å². The summed E-state index contributed by atoms with van der Waals surface area (Å²) in [6, 6.07) is 0. The number of nitrogens with two attached hydrogens (primary N) is 1. The molecule has 0 bridgehead atoms. The van der Waals surface area contributed by atoms with Crippen LogP contribution in [-0.2, 0) is 12.8 Å². The van der Waals surface area contributed by atoms with Gasteiger partial charge in [-0.2, -0.15) is 4.98 Å². The van der Waals surface area contributed by atoms with Crippen molar-refractivity contribution in [1.29, 1.82) is 0 Å². The molecule has 2 N–H and O–H groups in total. The second-order valence-corrected chi connectivity index (χ2v) is 5.77. The molecule has 0 unspecified atom stereocenters. The van der Waals surface area contributed by atoms with Crippen LogP contribution in [0.4, 0.5) is 0 Å². The van der Waals surface area contributed by atoms with E-state index < -0.39 is 0 Å². The Labute approximate surface area is 104 Å². The van der Waals surface area contributed by atoms with Crippen LogP contribution < -0.4 is 5.73 Å². The summed E-state index contributed by atoms with van der Waals surface area (Å²) in [6.07, 6.45) is 1.20. The van der Waals surface area contributed by atoms with Crippen molar-refractivity contribution in [2.45, 2.75) is 39.2 Å². The maximum atomic E-state index is 5.89. The molecule has 0 spiro atoms. The summed E-state index contributed by atoms with van der Waals surface area (Å²) in [5, 5.41) is 6.94. The molecule has 2 aromatic rings. The van der Waals surface area contributed by atoms with Gasteiger partial charge in [-0.15, -0.1) is 11.3 Å². The lowest BCUT2D eigenvalue weighted by molar-refractivity contribution is 0.345. The quantitative estimate of drug-likeness (QED) is 0.896. The molecule has 17 heavy (non-hydrogen) atoms. The topological polar surface area (TPSA) is 77.8 Å². The standard InChI is InChI=1S/C11H16N4OS/c1-7-6-17-10(13-7)4-8-14-9(16-15-8)5-11(2,3)12/h6H,4-5,12H2,1-3H3. The lowest BCUT2D eigenvalue weighted by atomic mass is 10.0. The van der Waals surface area contributed by atoms with Crippen LogP contribution in [0.15, 0.2) is 9.90 Å². The van der Waals surface area contributed by atoms with Crippen LogP contribution in [0.1, 0.15) is 36.3 Å². The van der Waals surface area contributed by atoms with Crippen molar-refractivity contribution < 1.29 is 4.52 Å². The van der Waals surface area contributed by atoms with Gasteiger partial charge in [-0.1, -0.05) is 5.16 Å². The number of thiazole rings is 1. The summed E-state index contributed by atoms with van der Waals surface area (Å²) in [5.74, 6) is 1.25. The zero-order valence-electron chi connectivity index (χ0n) is 10.2. The smallest absolute Gasteiger partial charge is 0.228 e. The largest absolute Gasteiger partial charge is 0.339 e. The van der Waals surface area contributed by atoms with E-state index in [2.05, 4.69) is 15.1 Å². The molecule has 5 nitrogen and oxygen atoms in total. The first-order valence-corrected chi connectivity index (χ1v) is 6.32. The van der Waals surface area contributed by atoms with Crippen LogP contribution in [0, 0.1) is 6.92 Å². The van der Waals surface area contributed by atoms with Crippen LogP contribution in [0.2, 0.25) is 0 Å². The van der Waals surface area contributed by atoms with E-state index in [1.807, 2.05) is 26.2 Å². The van der Waals surface area contributed by atoms with E-state index in [-0.39, 0.29) is 5.54 Å². The minimum Gasteiger partial charge on any atom is -0.339 e. The predicted molar refractivity (Wildman–Crippen MR) is 65.9 cm³/mol. The fourth-order valence-corrected chi connectivity index (χ4v) is 2.21. The van der Waals surface area contributed by atoms with Crippen molar-refractivity contribution in [3.05, 3.63) is 27.8 Å². The van der Waals surface area contributed by atoms with Crippen LogP contribution >= 0.6 is 11.3 Å². The minimum atomic E-state index is -0.332. The van der Waals surface area contributed by atoms with Crippen molar-refractivity contribution in [1.82, 2.24) is 15.1 Å². The van der Waals surface area contributed by atoms with Gasteiger partial charge in [0.25, 0.3) is 0 Å². The molecule has 0 radical (unpaired) electrons. The number of aromatic nitrogens is 3. The third-order valence-corrected chi connectivity index (χ3v) is 3.06. The summed E-state index contributed by atoms with van der Waals surface area (Å²) in [5.41, 5.74) is 6.59. The summed E-state index contributed by atoms with van der Waals surface area (Å²) < 4.78 is 5.16. The van der Waals surface area contributed by atoms with Gasteiger partial charge in [0.2, 0.25) is 5.89 Å². The van der Waals surface area contributed by atoms with Crippen LogP contribution in [-0.4, -0.2) is 20.7 Å². The van der Waals surface area contributed by atoms with Gasteiger partial charge < -0.3 is 10.3 Å². The molecule has 2 aromatic heterocycles. The molecule has 0 saturated carbocycles. The van der Waals surface area contributed by atoms with E-state index in [0.29, 0.717) is 24.6 Å². The molecular weight excluding hydrogens is 236 g/mol. The van der Waals surface area contributed by atoms with Crippen molar-refractivity contribution in [3.63, 3.8) is 0 Å². The lowest BCUT2D eigenvalue weighted by Gasteiger charge is -2.14. The Morgan fingerprint density at radius 1 is 1.41 bits per heavy atom. The van der Waals surface area contributed by atoms with Gasteiger partial charge in [-0.05, 0) is 20.8 Å². The number of nitrogens with zero attached hydrogens (tertiary/aromatic N) is 3. The average Bonchev–Trinajstić information content (AvgIpc) is 2.74. The Balaban J connectivity index is 2.03.